The number of hydrogen-bond acceptors (Lipinski definition) is 2. The second-order valence-corrected chi connectivity index (χ2v) is 13.6. The number of para-hydroxylation sites is 5. The van der Waals surface area contributed by atoms with Crippen LogP contribution >= 0.6 is 11.8 Å². The fraction of sp³-hybridized carbons (Fsp3) is 0.0750. The highest BCUT2D eigenvalue weighted by atomic mass is 32.2. The molecule has 0 fully saturated rings. The number of rotatable bonds is 2. The van der Waals surface area contributed by atoms with Crippen molar-refractivity contribution >= 4 is 61.4 Å². The Balaban J connectivity index is 1.21. The third kappa shape index (κ3) is 3.36. The van der Waals surface area contributed by atoms with E-state index in [0.29, 0.717) is 0 Å². The molecule has 3 aromatic heterocycles. The first kappa shape index (κ1) is 25.1. The molecule has 214 valence electrons. The van der Waals surface area contributed by atoms with Crippen LogP contribution in [-0.4, -0.2) is 18.5 Å². The number of benzene rings is 6. The van der Waals surface area contributed by atoms with Crippen molar-refractivity contribution in [1.82, 2.24) is 18.5 Å². The fourth-order valence-corrected chi connectivity index (χ4v) is 9.00. The summed E-state index contributed by atoms with van der Waals surface area (Å²) in [5.74, 6) is 0.926. The van der Waals surface area contributed by atoms with Crippen LogP contribution in [0.2, 0.25) is 0 Å². The van der Waals surface area contributed by atoms with E-state index in [1.54, 1.807) is 0 Å². The molecule has 9 aromatic rings. The molecule has 1 aliphatic rings. The van der Waals surface area contributed by atoms with Gasteiger partial charge in [0.25, 0.3) is 0 Å². The van der Waals surface area contributed by atoms with Gasteiger partial charge in [-0.2, -0.15) is 0 Å². The van der Waals surface area contributed by atoms with Gasteiger partial charge in [-0.1, -0.05) is 92.3 Å². The number of nitrogens with zero attached hydrogens (tertiary/aromatic N) is 4. The van der Waals surface area contributed by atoms with Gasteiger partial charge >= 0.3 is 0 Å². The zero-order valence-electron chi connectivity index (χ0n) is 24.9. The summed E-state index contributed by atoms with van der Waals surface area (Å²) in [6, 6.07) is 48.5. The third-order valence-corrected chi connectivity index (χ3v) is 10.8. The molecule has 45 heavy (non-hydrogen) atoms. The van der Waals surface area contributed by atoms with Gasteiger partial charge in [0.15, 0.2) is 0 Å². The summed E-state index contributed by atoms with van der Waals surface area (Å²) < 4.78 is 7.01. The van der Waals surface area contributed by atoms with E-state index in [2.05, 4.69) is 161 Å². The van der Waals surface area contributed by atoms with E-state index in [9.17, 15) is 0 Å². The topological polar surface area (TPSA) is 27.2 Å². The summed E-state index contributed by atoms with van der Waals surface area (Å²) in [6.45, 7) is 4.69. The second kappa shape index (κ2) is 8.90. The summed E-state index contributed by atoms with van der Waals surface area (Å²) in [6.07, 6.45) is 0. The summed E-state index contributed by atoms with van der Waals surface area (Å²) in [5.41, 5.74) is 11.8. The Kier molecular flexibility index (Phi) is 4.97. The monoisotopic (exact) mass is 596 g/mol. The first-order valence-electron chi connectivity index (χ1n) is 15.4. The molecule has 6 aromatic carbocycles. The fourth-order valence-electron chi connectivity index (χ4n) is 7.57. The highest BCUT2D eigenvalue weighted by Crippen LogP contribution is 2.49. The normalized spacial score (nSPS) is 14.1. The van der Waals surface area contributed by atoms with E-state index < -0.39 is 0 Å². The van der Waals surface area contributed by atoms with Gasteiger partial charge in [0.1, 0.15) is 0 Å². The van der Waals surface area contributed by atoms with E-state index in [0.717, 1.165) is 33.5 Å². The average molecular weight is 597 g/mol. The Morgan fingerprint density at radius 1 is 0.511 bits per heavy atom. The van der Waals surface area contributed by atoms with Gasteiger partial charge in [-0.25, -0.2) is 4.98 Å². The van der Waals surface area contributed by atoms with E-state index in [1.807, 2.05) is 11.8 Å². The van der Waals surface area contributed by atoms with Gasteiger partial charge in [0.05, 0.1) is 33.1 Å². The maximum absolute atomic E-state index is 5.11. The average Bonchev–Trinajstić information content (AvgIpc) is 3.71. The molecule has 0 aliphatic carbocycles. The molecule has 0 saturated carbocycles. The van der Waals surface area contributed by atoms with Crippen LogP contribution < -0.4 is 0 Å². The SMILES string of the molecule is CC1(C)c2ccccc2Sc2cc(-n3c4ccccc4c4cc(-n5c6ccccc6n6c7ccccc7nc56)ccc43)ccc21. The van der Waals surface area contributed by atoms with Crippen LogP contribution in [0.15, 0.2) is 143 Å². The Labute approximate surface area is 264 Å². The Morgan fingerprint density at radius 2 is 1.16 bits per heavy atom. The van der Waals surface area contributed by atoms with Crippen LogP contribution in [0.5, 0.6) is 0 Å². The standard InChI is InChI=1S/C40H28N4S/c1-40(2)29-12-4-10-18-37(29)45-38-24-26(19-21-30(38)40)42-32-14-6-3-11-27(32)28-23-25(20-22-33(28)42)43-35-16-8-9-17-36(35)44-34-15-7-5-13-31(34)41-39(43)44/h3-24H,1-2H3. The van der Waals surface area contributed by atoms with Crippen LogP contribution in [-0.2, 0) is 5.41 Å². The minimum absolute atomic E-state index is 0.0477. The lowest BCUT2D eigenvalue weighted by atomic mass is 9.77. The van der Waals surface area contributed by atoms with Crippen LogP contribution in [0.4, 0.5) is 0 Å². The number of aromatic nitrogens is 4. The molecule has 1 aliphatic heterocycles. The molecule has 4 heterocycles. The highest BCUT2D eigenvalue weighted by Gasteiger charge is 2.33. The van der Waals surface area contributed by atoms with Crippen LogP contribution in [0, 0.1) is 0 Å². The van der Waals surface area contributed by atoms with Gasteiger partial charge in [-0.05, 0) is 77.9 Å². The lowest BCUT2D eigenvalue weighted by Crippen LogP contribution is -2.23. The van der Waals surface area contributed by atoms with Gasteiger partial charge in [0, 0.05) is 37.4 Å². The number of fused-ring (bicyclic) bond motifs is 10. The van der Waals surface area contributed by atoms with Gasteiger partial charge in [0.2, 0.25) is 5.78 Å². The number of imidazole rings is 2. The van der Waals surface area contributed by atoms with Crippen molar-refractivity contribution in [2.45, 2.75) is 29.1 Å². The van der Waals surface area contributed by atoms with Gasteiger partial charge < -0.3 is 4.57 Å². The predicted octanol–water partition coefficient (Wildman–Crippen LogP) is 10.3. The summed E-state index contributed by atoms with van der Waals surface area (Å²) in [5, 5.41) is 2.47. The molecular formula is C40H28N4S. The minimum Gasteiger partial charge on any atom is -0.309 e. The quantitative estimate of drug-likeness (QED) is 0.199. The van der Waals surface area contributed by atoms with Crippen molar-refractivity contribution < 1.29 is 0 Å². The molecule has 4 nitrogen and oxygen atoms in total. The van der Waals surface area contributed by atoms with Crippen LogP contribution in [0.3, 0.4) is 0 Å². The molecule has 0 amide bonds. The summed E-state index contributed by atoms with van der Waals surface area (Å²) >= 11 is 1.89. The number of hydrogen-bond donors (Lipinski definition) is 0. The molecule has 0 atom stereocenters. The lowest BCUT2D eigenvalue weighted by Gasteiger charge is -2.34. The van der Waals surface area contributed by atoms with Crippen LogP contribution in [0.1, 0.15) is 25.0 Å². The Bertz CT molecular complexity index is 2670. The third-order valence-electron chi connectivity index (χ3n) is 9.70. The molecule has 0 bridgehead atoms. The second-order valence-electron chi connectivity index (χ2n) is 12.5. The molecule has 10 rings (SSSR count). The summed E-state index contributed by atoms with van der Waals surface area (Å²) in [4.78, 5) is 7.78. The Hall–Kier alpha value is -5.26. The summed E-state index contributed by atoms with van der Waals surface area (Å²) in [7, 11) is 0. The largest absolute Gasteiger partial charge is 0.309 e. The van der Waals surface area contributed by atoms with E-state index in [1.165, 1.54) is 48.4 Å². The van der Waals surface area contributed by atoms with Gasteiger partial charge in [-0.15, -0.1) is 0 Å². The Morgan fingerprint density at radius 3 is 2.04 bits per heavy atom. The van der Waals surface area contributed by atoms with Crippen molar-refractivity contribution in [1.29, 1.82) is 0 Å². The highest BCUT2D eigenvalue weighted by molar-refractivity contribution is 7.99. The molecule has 0 N–H and O–H groups in total. The van der Waals surface area contributed by atoms with E-state index in [-0.39, 0.29) is 5.41 Å². The molecule has 0 spiro atoms. The predicted molar refractivity (Wildman–Crippen MR) is 187 cm³/mol. The van der Waals surface area contributed by atoms with Gasteiger partial charge in [-0.3, -0.25) is 8.97 Å². The first-order valence-corrected chi connectivity index (χ1v) is 16.2. The molecule has 0 unspecified atom stereocenters. The molecule has 5 heteroatoms. The lowest BCUT2D eigenvalue weighted by molar-refractivity contribution is 0.607. The van der Waals surface area contributed by atoms with Crippen molar-refractivity contribution in [2.75, 3.05) is 0 Å². The molecule has 0 saturated heterocycles. The maximum atomic E-state index is 5.11. The van der Waals surface area contributed by atoms with Crippen LogP contribution in [0.25, 0.3) is 61.0 Å². The smallest absolute Gasteiger partial charge is 0.220 e. The van der Waals surface area contributed by atoms with Crippen molar-refractivity contribution in [3.05, 3.63) is 145 Å². The zero-order chi connectivity index (χ0) is 29.9. The molecular weight excluding hydrogens is 569 g/mol. The molecule has 0 radical (unpaired) electrons. The first-order chi connectivity index (χ1) is 22.1. The van der Waals surface area contributed by atoms with Crippen molar-refractivity contribution in [3.8, 4) is 11.4 Å². The maximum Gasteiger partial charge on any atom is 0.220 e. The van der Waals surface area contributed by atoms with Crippen molar-refractivity contribution in [3.63, 3.8) is 0 Å². The van der Waals surface area contributed by atoms with Crippen molar-refractivity contribution in [2.24, 2.45) is 0 Å². The minimum atomic E-state index is -0.0477. The van der Waals surface area contributed by atoms with E-state index >= 15 is 0 Å². The zero-order valence-corrected chi connectivity index (χ0v) is 25.7. The van der Waals surface area contributed by atoms with E-state index in [4.69, 9.17) is 4.98 Å².